The SMILES string of the molecule is CN(C)C1(CN)CCN(c2ccc3c(c2)OCO3)C1. The maximum absolute atomic E-state index is 5.99. The zero-order valence-electron chi connectivity index (χ0n) is 11.6. The van der Waals surface area contributed by atoms with Crippen LogP contribution in [-0.4, -0.2) is 51.0 Å². The summed E-state index contributed by atoms with van der Waals surface area (Å²) >= 11 is 0. The Morgan fingerprint density at radius 1 is 1.32 bits per heavy atom. The second-order valence-corrected chi connectivity index (χ2v) is 5.53. The van der Waals surface area contributed by atoms with Gasteiger partial charge in [-0.1, -0.05) is 0 Å². The van der Waals surface area contributed by atoms with Gasteiger partial charge in [0.2, 0.25) is 6.79 Å². The summed E-state index contributed by atoms with van der Waals surface area (Å²) in [6.07, 6.45) is 1.09. The number of fused-ring (bicyclic) bond motifs is 1. The molecule has 2 aliphatic rings. The summed E-state index contributed by atoms with van der Waals surface area (Å²) in [5, 5.41) is 0. The van der Waals surface area contributed by atoms with Crippen molar-refractivity contribution in [2.24, 2.45) is 5.73 Å². The van der Waals surface area contributed by atoms with Crippen molar-refractivity contribution >= 4 is 5.69 Å². The standard InChI is InChI=1S/C14H21N3O2/c1-16(2)14(8-15)5-6-17(9-14)11-3-4-12-13(7-11)19-10-18-12/h3-4,7H,5-6,8-10,15H2,1-2H3. The molecule has 1 atom stereocenters. The average molecular weight is 263 g/mol. The maximum atomic E-state index is 5.99. The predicted octanol–water partition coefficient (Wildman–Crippen LogP) is 0.884. The van der Waals surface area contributed by atoms with Crippen LogP contribution in [0, 0.1) is 0 Å². The summed E-state index contributed by atoms with van der Waals surface area (Å²) in [7, 11) is 4.21. The lowest BCUT2D eigenvalue weighted by atomic mass is 9.97. The molecule has 1 saturated heterocycles. The predicted molar refractivity (Wildman–Crippen MR) is 74.9 cm³/mol. The van der Waals surface area contributed by atoms with Gasteiger partial charge in [0.25, 0.3) is 0 Å². The van der Waals surface area contributed by atoms with E-state index in [0.717, 1.165) is 31.0 Å². The van der Waals surface area contributed by atoms with Crippen LogP contribution in [-0.2, 0) is 0 Å². The third-order valence-electron chi connectivity index (χ3n) is 4.38. The van der Waals surface area contributed by atoms with Crippen LogP contribution >= 0.6 is 0 Å². The second kappa shape index (κ2) is 4.58. The highest BCUT2D eigenvalue weighted by molar-refractivity contribution is 5.58. The van der Waals surface area contributed by atoms with Crippen LogP contribution in [0.25, 0.3) is 0 Å². The van der Waals surface area contributed by atoms with Crippen molar-refractivity contribution in [2.75, 3.05) is 45.4 Å². The molecule has 0 bridgehead atoms. The smallest absolute Gasteiger partial charge is 0.231 e. The number of hydrogen-bond donors (Lipinski definition) is 1. The molecule has 5 nitrogen and oxygen atoms in total. The molecule has 0 spiro atoms. The fraction of sp³-hybridized carbons (Fsp3) is 0.571. The Labute approximate surface area is 113 Å². The Balaban J connectivity index is 1.81. The molecule has 2 aliphatic heterocycles. The average Bonchev–Trinajstić information content (AvgIpc) is 3.05. The molecule has 0 aromatic heterocycles. The molecule has 0 amide bonds. The Morgan fingerprint density at radius 3 is 2.79 bits per heavy atom. The summed E-state index contributed by atoms with van der Waals surface area (Å²) in [6.45, 7) is 2.98. The molecule has 104 valence electrons. The molecule has 1 aromatic rings. The fourth-order valence-corrected chi connectivity index (χ4v) is 2.87. The second-order valence-electron chi connectivity index (χ2n) is 5.53. The monoisotopic (exact) mass is 263 g/mol. The molecule has 1 unspecified atom stereocenters. The Kier molecular flexibility index (Phi) is 3.03. The minimum absolute atomic E-state index is 0.0797. The van der Waals surface area contributed by atoms with Crippen molar-refractivity contribution in [2.45, 2.75) is 12.0 Å². The summed E-state index contributed by atoms with van der Waals surface area (Å²) in [5.41, 5.74) is 7.25. The molecule has 2 N–H and O–H groups in total. The van der Waals surface area contributed by atoms with E-state index in [1.807, 2.05) is 6.07 Å². The van der Waals surface area contributed by atoms with E-state index in [2.05, 4.69) is 36.0 Å². The van der Waals surface area contributed by atoms with Gasteiger partial charge in [-0.3, -0.25) is 0 Å². The van der Waals surface area contributed by atoms with Crippen molar-refractivity contribution in [3.63, 3.8) is 0 Å². The molecule has 0 saturated carbocycles. The first-order valence-corrected chi connectivity index (χ1v) is 6.67. The summed E-state index contributed by atoms with van der Waals surface area (Å²) < 4.78 is 10.8. The Morgan fingerprint density at radius 2 is 2.11 bits per heavy atom. The number of hydrogen-bond acceptors (Lipinski definition) is 5. The first-order valence-electron chi connectivity index (χ1n) is 6.67. The van der Waals surface area contributed by atoms with Gasteiger partial charge in [-0.25, -0.2) is 0 Å². The van der Waals surface area contributed by atoms with Crippen molar-refractivity contribution < 1.29 is 9.47 Å². The van der Waals surface area contributed by atoms with E-state index < -0.39 is 0 Å². The number of likely N-dealkylation sites (N-methyl/N-ethyl adjacent to an activating group) is 1. The van der Waals surface area contributed by atoms with E-state index in [1.165, 1.54) is 5.69 Å². The number of anilines is 1. The minimum atomic E-state index is 0.0797. The van der Waals surface area contributed by atoms with Gasteiger partial charge in [-0.2, -0.15) is 0 Å². The molecule has 19 heavy (non-hydrogen) atoms. The fourth-order valence-electron chi connectivity index (χ4n) is 2.87. The molecule has 0 radical (unpaired) electrons. The van der Waals surface area contributed by atoms with E-state index in [1.54, 1.807) is 0 Å². The molecule has 0 aliphatic carbocycles. The Hall–Kier alpha value is -1.46. The van der Waals surface area contributed by atoms with Crippen molar-refractivity contribution in [1.82, 2.24) is 4.90 Å². The van der Waals surface area contributed by atoms with Crippen LogP contribution in [0.2, 0.25) is 0 Å². The van der Waals surface area contributed by atoms with E-state index in [4.69, 9.17) is 15.2 Å². The maximum Gasteiger partial charge on any atom is 0.231 e. The molecular weight excluding hydrogens is 242 g/mol. The lowest BCUT2D eigenvalue weighted by molar-refractivity contribution is 0.174. The normalized spacial score (nSPS) is 25.4. The van der Waals surface area contributed by atoms with E-state index in [0.29, 0.717) is 13.3 Å². The first kappa shape index (κ1) is 12.6. The van der Waals surface area contributed by atoms with Crippen LogP contribution in [0.3, 0.4) is 0 Å². The van der Waals surface area contributed by atoms with Crippen molar-refractivity contribution in [1.29, 1.82) is 0 Å². The van der Waals surface area contributed by atoms with Crippen LogP contribution < -0.4 is 20.1 Å². The number of nitrogens with zero attached hydrogens (tertiary/aromatic N) is 2. The van der Waals surface area contributed by atoms with Gasteiger partial charge >= 0.3 is 0 Å². The van der Waals surface area contributed by atoms with Gasteiger partial charge in [0.1, 0.15) is 0 Å². The van der Waals surface area contributed by atoms with E-state index in [9.17, 15) is 0 Å². The third-order valence-corrected chi connectivity index (χ3v) is 4.38. The van der Waals surface area contributed by atoms with Gasteiger partial charge in [0.05, 0.1) is 5.54 Å². The third kappa shape index (κ3) is 2.03. The molecule has 5 heteroatoms. The van der Waals surface area contributed by atoms with Crippen molar-refractivity contribution in [3.8, 4) is 11.5 Å². The number of benzene rings is 1. The topological polar surface area (TPSA) is 51.0 Å². The zero-order chi connectivity index (χ0) is 13.5. The quantitative estimate of drug-likeness (QED) is 0.877. The van der Waals surface area contributed by atoms with Crippen molar-refractivity contribution in [3.05, 3.63) is 18.2 Å². The van der Waals surface area contributed by atoms with Gasteiger partial charge in [0, 0.05) is 31.4 Å². The van der Waals surface area contributed by atoms with Crippen LogP contribution in [0.1, 0.15) is 6.42 Å². The first-order chi connectivity index (χ1) is 9.14. The molecule has 3 rings (SSSR count). The van der Waals surface area contributed by atoms with Gasteiger partial charge in [0.15, 0.2) is 11.5 Å². The molecule has 1 fully saturated rings. The van der Waals surface area contributed by atoms with Crippen LogP contribution in [0.15, 0.2) is 18.2 Å². The van der Waals surface area contributed by atoms with Crippen LogP contribution in [0.4, 0.5) is 5.69 Å². The molecule has 1 aromatic carbocycles. The summed E-state index contributed by atoms with van der Waals surface area (Å²) in [5.74, 6) is 1.67. The zero-order valence-corrected chi connectivity index (χ0v) is 11.6. The largest absolute Gasteiger partial charge is 0.454 e. The lowest BCUT2D eigenvalue weighted by Crippen LogP contribution is -2.52. The number of rotatable bonds is 3. The highest BCUT2D eigenvalue weighted by Gasteiger charge is 2.39. The van der Waals surface area contributed by atoms with E-state index in [-0.39, 0.29) is 5.54 Å². The summed E-state index contributed by atoms with van der Waals surface area (Å²) in [4.78, 5) is 4.62. The lowest BCUT2D eigenvalue weighted by Gasteiger charge is -2.35. The summed E-state index contributed by atoms with van der Waals surface area (Å²) in [6, 6.07) is 6.14. The van der Waals surface area contributed by atoms with Gasteiger partial charge in [-0.15, -0.1) is 0 Å². The highest BCUT2D eigenvalue weighted by atomic mass is 16.7. The van der Waals surface area contributed by atoms with E-state index >= 15 is 0 Å². The molecular formula is C14H21N3O2. The minimum Gasteiger partial charge on any atom is -0.454 e. The number of nitrogens with two attached hydrogens (primary N) is 1. The van der Waals surface area contributed by atoms with Gasteiger partial charge < -0.3 is 25.0 Å². The molecule has 2 heterocycles. The van der Waals surface area contributed by atoms with Crippen LogP contribution in [0.5, 0.6) is 11.5 Å². The highest BCUT2D eigenvalue weighted by Crippen LogP contribution is 2.37. The number of ether oxygens (including phenoxy) is 2. The Bertz CT molecular complexity index is 478. The van der Waals surface area contributed by atoms with Gasteiger partial charge in [-0.05, 0) is 32.6 Å².